The van der Waals surface area contributed by atoms with Gasteiger partial charge < -0.3 is 15.3 Å². The molecule has 0 bridgehead atoms. The zero-order valence-electron chi connectivity index (χ0n) is 15.1. The minimum Gasteiger partial charge on any atom is -0.465 e. The third-order valence-corrected chi connectivity index (χ3v) is 5.25. The molecule has 0 aromatic heterocycles. The van der Waals surface area contributed by atoms with Gasteiger partial charge in [-0.2, -0.15) is 0 Å². The molecule has 2 amide bonds. The summed E-state index contributed by atoms with van der Waals surface area (Å²) in [4.78, 5) is 27.8. The first kappa shape index (κ1) is 18.3. The molecule has 132 valence electrons. The second-order valence-electron chi connectivity index (χ2n) is 6.92. The van der Waals surface area contributed by atoms with Gasteiger partial charge in [-0.3, -0.25) is 9.69 Å². The Morgan fingerprint density at radius 2 is 1.88 bits per heavy atom. The number of nitrogens with zero attached hydrogens (tertiary/aromatic N) is 2. The van der Waals surface area contributed by atoms with Crippen LogP contribution in [0.15, 0.2) is 18.2 Å². The summed E-state index contributed by atoms with van der Waals surface area (Å²) >= 11 is 0. The van der Waals surface area contributed by atoms with Crippen LogP contribution in [-0.2, 0) is 4.79 Å². The lowest BCUT2D eigenvalue weighted by Crippen LogP contribution is -2.64. The molecule has 2 atom stereocenters. The molecule has 1 heterocycles. The van der Waals surface area contributed by atoms with Crippen LogP contribution in [0.1, 0.15) is 24.5 Å². The summed E-state index contributed by atoms with van der Waals surface area (Å²) in [5.74, 6) is -0.177. The molecular formula is C18H27N3O3. The van der Waals surface area contributed by atoms with Gasteiger partial charge in [-0.25, -0.2) is 4.79 Å². The maximum atomic E-state index is 13.2. The van der Waals surface area contributed by atoms with E-state index in [9.17, 15) is 14.7 Å². The number of hydrogen-bond donors (Lipinski definition) is 2. The van der Waals surface area contributed by atoms with Crippen molar-refractivity contribution in [3.8, 4) is 0 Å². The van der Waals surface area contributed by atoms with Crippen LogP contribution in [0, 0.1) is 19.8 Å². The van der Waals surface area contributed by atoms with Crippen molar-refractivity contribution in [2.75, 3.05) is 32.5 Å². The predicted octanol–water partition coefficient (Wildman–Crippen LogP) is 2.56. The number of rotatable bonds is 3. The van der Waals surface area contributed by atoms with E-state index in [1.807, 2.05) is 58.0 Å². The van der Waals surface area contributed by atoms with E-state index in [1.54, 1.807) is 0 Å². The first-order chi connectivity index (χ1) is 11.2. The van der Waals surface area contributed by atoms with Crippen molar-refractivity contribution < 1.29 is 14.7 Å². The van der Waals surface area contributed by atoms with Crippen LogP contribution in [-0.4, -0.2) is 59.6 Å². The number of piperidine rings is 1. The Hall–Kier alpha value is -2.08. The highest BCUT2D eigenvalue weighted by Gasteiger charge is 2.49. The molecule has 1 aromatic carbocycles. The van der Waals surface area contributed by atoms with Crippen LogP contribution in [0.3, 0.4) is 0 Å². The number of carbonyl (C=O) groups is 2. The van der Waals surface area contributed by atoms with E-state index in [2.05, 4.69) is 5.32 Å². The van der Waals surface area contributed by atoms with E-state index >= 15 is 0 Å². The molecule has 1 aliphatic rings. The lowest BCUT2D eigenvalue weighted by molar-refractivity contribution is -0.133. The van der Waals surface area contributed by atoms with Crippen molar-refractivity contribution in [1.82, 2.24) is 9.80 Å². The zero-order chi connectivity index (χ0) is 18.1. The number of hydrogen-bond acceptors (Lipinski definition) is 3. The summed E-state index contributed by atoms with van der Waals surface area (Å²) in [6.45, 7) is 6.61. The summed E-state index contributed by atoms with van der Waals surface area (Å²) in [6, 6.07) is 5.92. The highest BCUT2D eigenvalue weighted by molar-refractivity contribution is 5.99. The van der Waals surface area contributed by atoms with Gasteiger partial charge in [-0.1, -0.05) is 25.1 Å². The molecule has 1 fully saturated rings. The number of likely N-dealkylation sites (tertiary alicyclic amines) is 1. The minimum absolute atomic E-state index is 0.0672. The lowest BCUT2D eigenvalue weighted by atomic mass is 9.76. The van der Waals surface area contributed by atoms with E-state index in [0.29, 0.717) is 19.5 Å². The van der Waals surface area contributed by atoms with Gasteiger partial charge in [0.25, 0.3) is 0 Å². The number of benzene rings is 1. The molecule has 1 aromatic rings. The number of para-hydroxylation sites is 1. The summed E-state index contributed by atoms with van der Waals surface area (Å²) in [5, 5.41) is 12.3. The van der Waals surface area contributed by atoms with Crippen LogP contribution >= 0.6 is 0 Å². The van der Waals surface area contributed by atoms with Gasteiger partial charge in [0.1, 0.15) is 5.54 Å². The smallest absolute Gasteiger partial charge is 0.407 e. The third kappa shape index (κ3) is 3.11. The number of anilines is 1. The van der Waals surface area contributed by atoms with E-state index in [1.165, 1.54) is 4.90 Å². The second-order valence-corrected chi connectivity index (χ2v) is 6.92. The number of carbonyl (C=O) groups excluding carboxylic acids is 1. The maximum Gasteiger partial charge on any atom is 0.407 e. The highest BCUT2D eigenvalue weighted by atomic mass is 16.4. The number of amides is 2. The Morgan fingerprint density at radius 1 is 1.29 bits per heavy atom. The van der Waals surface area contributed by atoms with Gasteiger partial charge in [0, 0.05) is 24.7 Å². The van der Waals surface area contributed by atoms with Crippen LogP contribution < -0.4 is 5.32 Å². The van der Waals surface area contributed by atoms with Crippen molar-refractivity contribution in [2.45, 2.75) is 32.7 Å². The van der Waals surface area contributed by atoms with Crippen LogP contribution in [0.2, 0.25) is 0 Å². The van der Waals surface area contributed by atoms with E-state index in [4.69, 9.17) is 0 Å². The van der Waals surface area contributed by atoms with Gasteiger partial charge in [0.15, 0.2) is 0 Å². The molecule has 6 heteroatoms. The van der Waals surface area contributed by atoms with Gasteiger partial charge in [-0.15, -0.1) is 0 Å². The summed E-state index contributed by atoms with van der Waals surface area (Å²) in [7, 11) is 3.77. The Morgan fingerprint density at radius 3 is 2.33 bits per heavy atom. The molecule has 1 aliphatic heterocycles. The molecule has 0 radical (unpaired) electrons. The quantitative estimate of drug-likeness (QED) is 0.892. The van der Waals surface area contributed by atoms with Crippen LogP contribution in [0.25, 0.3) is 0 Å². The van der Waals surface area contributed by atoms with Gasteiger partial charge in [-0.05, 0) is 45.5 Å². The SMILES string of the molecule is Cc1cccc(C)c1NC(=O)C1(N(C)C)CCN(C(=O)O)CC1C. The van der Waals surface area contributed by atoms with Crippen molar-refractivity contribution in [3.63, 3.8) is 0 Å². The fraction of sp³-hybridized carbons (Fsp3) is 0.556. The Labute approximate surface area is 143 Å². The molecule has 2 unspecified atom stereocenters. The fourth-order valence-electron chi connectivity index (χ4n) is 3.74. The normalized spacial score (nSPS) is 24.1. The second kappa shape index (κ2) is 6.81. The van der Waals surface area contributed by atoms with Gasteiger partial charge in [0.05, 0.1) is 0 Å². The minimum atomic E-state index is -0.927. The molecule has 0 saturated carbocycles. The van der Waals surface area contributed by atoms with E-state index in [0.717, 1.165) is 16.8 Å². The third-order valence-electron chi connectivity index (χ3n) is 5.25. The topological polar surface area (TPSA) is 72.9 Å². The number of carboxylic acid groups (broad SMARTS) is 1. The Kier molecular flexibility index (Phi) is 5.18. The monoisotopic (exact) mass is 333 g/mol. The van der Waals surface area contributed by atoms with E-state index in [-0.39, 0.29) is 11.8 Å². The summed E-state index contributed by atoms with van der Waals surface area (Å²) in [5.41, 5.74) is 2.16. The molecule has 6 nitrogen and oxygen atoms in total. The number of nitrogens with one attached hydrogen (secondary N) is 1. The largest absolute Gasteiger partial charge is 0.465 e. The first-order valence-corrected chi connectivity index (χ1v) is 8.23. The van der Waals surface area contributed by atoms with Gasteiger partial charge in [0.2, 0.25) is 5.91 Å². The average Bonchev–Trinajstić information content (AvgIpc) is 2.50. The highest BCUT2D eigenvalue weighted by Crippen LogP contribution is 2.34. The first-order valence-electron chi connectivity index (χ1n) is 8.23. The average molecular weight is 333 g/mol. The molecule has 1 saturated heterocycles. The molecule has 0 spiro atoms. The molecule has 24 heavy (non-hydrogen) atoms. The van der Waals surface area contributed by atoms with Crippen LogP contribution in [0.4, 0.5) is 10.5 Å². The molecular weight excluding hydrogens is 306 g/mol. The molecule has 2 rings (SSSR count). The predicted molar refractivity (Wildman–Crippen MR) is 94.3 cm³/mol. The fourth-order valence-corrected chi connectivity index (χ4v) is 3.74. The van der Waals surface area contributed by atoms with E-state index < -0.39 is 11.6 Å². The Balaban J connectivity index is 2.31. The Bertz CT molecular complexity index is 624. The molecule has 0 aliphatic carbocycles. The molecule has 2 N–H and O–H groups in total. The van der Waals surface area contributed by atoms with Crippen molar-refractivity contribution in [1.29, 1.82) is 0 Å². The maximum absolute atomic E-state index is 13.2. The van der Waals surface area contributed by atoms with Crippen molar-refractivity contribution in [2.24, 2.45) is 5.92 Å². The van der Waals surface area contributed by atoms with Crippen molar-refractivity contribution in [3.05, 3.63) is 29.3 Å². The summed E-state index contributed by atoms with van der Waals surface area (Å²) in [6.07, 6.45) is -0.450. The lowest BCUT2D eigenvalue weighted by Gasteiger charge is -2.48. The number of aryl methyl sites for hydroxylation is 2. The van der Waals surface area contributed by atoms with Crippen molar-refractivity contribution >= 4 is 17.7 Å². The zero-order valence-corrected chi connectivity index (χ0v) is 15.1. The summed E-state index contributed by atoms with van der Waals surface area (Å²) < 4.78 is 0. The standard InChI is InChI=1S/C18H27N3O3/c1-12-7-6-8-13(2)15(12)19-16(22)18(20(4)5)9-10-21(17(23)24)11-14(18)3/h6-8,14H,9-11H2,1-5H3,(H,19,22)(H,23,24). The van der Waals surface area contributed by atoms with Crippen LogP contribution in [0.5, 0.6) is 0 Å². The van der Waals surface area contributed by atoms with Gasteiger partial charge >= 0.3 is 6.09 Å². The number of likely N-dealkylation sites (N-methyl/N-ethyl adjacent to an activating group) is 1.